The van der Waals surface area contributed by atoms with E-state index in [1.807, 2.05) is 24.3 Å². The number of nitro groups is 1. The standard InChI is InChI=1S/C16H14N2O3/c1-11-8-13(6-7-15(11)18(19)20)17-9-12-10-21-16-5-3-2-4-14(12)16/h2-8,10,17H,9H2,1H3. The molecule has 0 aliphatic heterocycles. The van der Waals surface area contributed by atoms with Crippen molar-refractivity contribution in [3.8, 4) is 0 Å². The van der Waals surface area contributed by atoms with Crippen LogP contribution in [0.25, 0.3) is 11.0 Å². The first kappa shape index (κ1) is 13.2. The molecule has 106 valence electrons. The van der Waals surface area contributed by atoms with Gasteiger partial charge in [0.1, 0.15) is 5.58 Å². The predicted octanol–water partition coefficient (Wildman–Crippen LogP) is 4.26. The fraction of sp³-hybridized carbons (Fsp3) is 0.125. The third-order valence-electron chi connectivity index (χ3n) is 3.44. The number of rotatable bonds is 4. The van der Waals surface area contributed by atoms with Gasteiger partial charge in [-0.15, -0.1) is 0 Å². The number of nitro benzene ring substituents is 1. The van der Waals surface area contributed by atoms with Crippen LogP contribution >= 0.6 is 0 Å². The van der Waals surface area contributed by atoms with Crippen LogP contribution in [-0.4, -0.2) is 4.92 Å². The van der Waals surface area contributed by atoms with Crippen molar-refractivity contribution in [1.29, 1.82) is 0 Å². The smallest absolute Gasteiger partial charge is 0.272 e. The van der Waals surface area contributed by atoms with Gasteiger partial charge in [-0.25, -0.2) is 0 Å². The van der Waals surface area contributed by atoms with Gasteiger partial charge in [0.25, 0.3) is 5.69 Å². The fourth-order valence-electron chi connectivity index (χ4n) is 2.34. The average Bonchev–Trinajstić information content (AvgIpc) is 2.88. The molecule has 3 rings (SSSR count). The molecule has 0 saturated carbocycles. The lowest BCUT2D eigenvalue weighted by Gasteiger charge is -2.06. The third-order valence-corrected chi connectivity index (χ3v) is 3.44. The monoisotopic (exact) mass is 282 g/mol. The van der Waals surface area contributed by atoms with Crippen LogP contribution in [-0.2, 0) is 6.54 Å². The Morgan fingerprint density at radius 1 is 1.24 bits per heavy atom. The summed E-state index contributed by atoms with van der Waals surface area (Å²) in [6.45, 7) is 2.34. The molecular weight excluding hydrogens is 268 g/mol. The minimum Gasteiger partial charge on any atom is -0.464 e. The van der Waals surface area contributed by atoms with Crippen LogP contribution in [0.5, 0.6) is 0 Å². The summed E-state index contributed by atoms with van der Waals surface area (Å²) in [6, 6.07) is 12.9. The van der Waals surface area contributed by atoms with Gasteiger partial charge in [0.2, 0.25) is 0 Å². The van der Waals surface area contributed by atoms with Crippen LogP contribution < -0.4 is 5.32 Å². The summed E-state index contributed by atoms with van der Waals surface area (Å²) in [7, 11) is 0. The highest BCUT2D eigenvalue weighted by molar-refractivity contribution is 5.81. The number of fused-ring (bicyclic) bond motifs is 1. The molecule has 2 aromatic carbocycles. The van der Waals surface area contributed by atoms with Crippen molar-refractivity contribution in [2.45, 2.75) is 13.5 Å². The van der Waals surface area contributed by atoms with Crippen molar-refractivity contribution in [3.63, 3.8) is 0 Å². The second-order valence-corrected chi connectivity index (χ2v) is 4.87. The minimum atomic E-state index is -0.372. The van der Waals surface area contributed by atoms with Gasteiger partial charge in [-0.2, -0.15) is 0 Å². The van der Waals surface area contributed by atoms with Gasteiger partial charge in [-0.1, -0.05) is 18.2 Å². The SMILES string of the molecule is Cc1cc(NCc2coc3ccccc23)ccc1[N+](=O)[O-]. The van der Waals surface area contributed by atoms with E-state index in [9.17, 15) is 10.1 Å². The summed E-state index contributed by atoms with van der Waals surface area (Å²) in [5.41, 5.74) is 3.54. The predicted molar refractivity (Wildman–Crippen MR) is 81.4 cm³/mol. The van der Waals surface area contributed by atoms with E-state index in [0.717, 1.165) is 22.2 Å². The van der Waals surface area contributed by atoms with Crippen molar-refractivity contribution in [2.24, 2.45) is 0 Å². The zero-order valence-corrected chi connectivity index (χ0v) is 11.5. The molecule has 0 radical (unpaired) electrons. The number of furan rings is 1. The van der Waals surface area contributed by atoms with Gasteiger partial charge in [-0.05, 0) is 25.1 Å². The summed E-state index contributed by atoms with van der Waals surface area (Å²) in [5.74, 6) is 0. The molecule has 0 aliphatic carbocycles. The van der Waals surface area contributed by atoms with Gasteiger partial charge in [0.05, 0.1) is 11.2 Å². The van der Waals surface area contributed by atoms with E-state index in [2.05, 4.69) is 5.32 Å². The van der Waals surface area contributed by atoms with Gasteiger partial charge < -0.3 is 9.73 Å². The molecule has 3 aromatic rings. The van der Waals surface area contributed by atoms with Crippen LogP contribution in [0.4, 0.5) is 11.4 Å². The second kappa shape index (κ2) is 5.28. The molecule has 0 atom stereocenters. The van der Waals surface area contributed by atoms with E-state index in [1.54, 1.807) is 25.3 Å². The maximum atomic E-state index is 10.8. The molecule has 0 unspecified atom stereocenters. The summed E-state index contributed by atoms with van der Waals surface area (Å²) in [5, 5.41) is 15.1. The van der Waals surface area contributed by atoms with Crippen molar-refractivity contribution in [2.75, 3.05) is 5.32 Å². The highest BCUT2D eigenvalue weighted by atomic mass is 16.6. The molecule has 0 fully saturated rings. The minimum absolute atomic E-state index is 0.134. The Kier molecular flexibility index (Phi) is 3.31. The van der Waals surface area contributed by atoms with Crippen molar-refractivity contribution >= 4 is 22.3 Å². The Hall–Kier alpha value is -2.82. The van der Waals surface area contributed by atoms with Gasteiger partial charge in [-0.3, -0.25) is 10.1 Å². The first-order valence-corrected chi connectivity index (χ1v) is 6.59. The number of benzene rings is 2. The first-order valence-electron chi connectivity index (χ1n) is 6.59. The van der Waals surface area contributed by atoms with Crippen LogP contribution in [0, 0.1) is 17.0 Å². The molecule has 0 amide bonds. The third kappa shape index (κ3) is 2.58. The number of hydrogen-bond donors (Lipinski definition) is 1. The molecular formula is C16H14N2O3. The maximum Gasteiger partial charge on any atom is 0.272 e. The zero-order valence-electron chi connectivity index (χ0n) is 11.5. The van der Waals surface area contributed by atoms with Crippen molar-refractivity contribution < 1.29 is 9.34 Å². The van der Waals surface area contributed by atoms with E-state index < -0.39 is 0 Å². The largest absolute Gasteiger partial charge is 0.464 e. The molecule has 1 heterocycles. The molecule has 0 bridgehead atoms. The Morgan fingerprint density at radius 3 is 2.81 bits per heavy atom. The topological polar surface area (TPSA) is 68.3 Å². The lowest BCUT2D eigenvalue weighted by molar-refractivity contribution is -0.385. The second-order valence-electron chi connectivity index (χ2n) is 4.87. The summed E-state index contributed by atoms with van der Waals surface area (Å²) >= 11 is 0. The lowest BCUT2D eigenvalue weighted by atomic mass is 10.1. The summed E-state index contributed by atoms with van der Waals surface area (Å²) < 4.78 is 5.48. The lowest BCUT2D eigenvalue weighted by Crippen LogP contribution is -2.00. The molecule has 0 spiro atoms. The van der Waals surface area contributed by atoms with E-state index >= 15 is 0 Å². The van der Waals surface area contributed by atoms with Crippen LogP contribution in [0.15, 0.2) is 53.1 Å². The summed E-state index contributed by atoms with van der Waals surface area (Å²) in [4.78, 5) is 10.4. The Morgan fingerprint density at radius 2 is 2.05 bits per heavy atom. The molecule has 1 N–H and O–H groups in total. The summed E-state index contributed by atoms with van der Waals surface area (Å²) in [6.07, 6.45) is 1.73. The number of nitrogens with one attached hydrogen (secondary N) is 1. The average molecular weight is 282 g/mol. The number of nitrogens with zero attached hydrogens (tertiary/aromatic N) is 1. The van der Waals surface area contributed by atoms with E-state index in [4.69, 9.17) is 4.42 Å². The van der Waals surface area contributed by atoms with Crippen LogP contribution in [0.1, 0.15) is 11.1 Å². The number of hydrogen-bond acceptors (Lipinski definition) is 4. The molecule has 5 heteroatoms. The Labute approximate surface area is 121 Å². The molecule has 0 aliphatic rings. The quantitative estimate of drug-likeness (QED) is 0.573. The van der Waals surface area contributed by atoms with Gasteiger partial charge in [0.15, 0.2) is 0 Å². The van der Waals surface area contributed by atoms with E-state index in [1.165, 1.54) is 6.07 Å². The molecule has 21 heavy (non-hydrogen) atoms. The van der Waals surface area contributed by atoms with Crippen molar-refractivity contribution in [1.82, 2.24) is 0 Å². The molecule has 5 nitrogen and oxygen atoms in total. The normalized spacial score (nSPS) is 10.7. The number of anilines is 1. The van der Waals surface area contributed by atoms with Crippen molar-refractivity contribution in [3.05, 3.63) is 70.0 Å². The maximum absolute atomic E-state index is 10.8. The number of para-hydroxylation sites is 1. The Bertz CT molecular complexity index is 808. The first-order chi connectivity index (χ1) is 10.1. The zero-order chi connectivity index (χ0) is 14.8. The Balaban J connectivity index is 1.79. The van der Waals surface area contributed by atoms with E-state index in [-0.39, 0.29) is 10.6 Å². The highest BCUT2D eigenvalue weighted by Crippen LogP contribution is 2.24. The highest BCUT2D eigenvalue weighted by Gasteiger charge is 2.10. The van der Waals surface area contributed by atoms with Gasteiger partial charge in [0, 0.05) is 34.8 Å². The number of aryl methyl sites for hydroxylation is 1. The molecule has 0 saturated heterocycles. The van der Waals surface area contributed by atoms with Gasteiger partial charge >= 0.3 is 0 Å². The molecule has 1 aromatic heterocycles. The van der Waals surface area contributed by atoms with E-state index in [0.29, 0.717) is 12.1 Å². The van der Waals surface area contributed by atoms with Crippen LogP contribution in [0.3, 0.4) is 0 Å². The van der Waals surface area contributed by atoms with Crippen LogP contribution in [0.2, 0.25) is 0 Å². The fourth-order valence-corrected chi connectivity index (χ4v) is 2.34.